The second kappa shape index (κ2) is 6.44. The van der Waals surface area contributed by atoms with Crippen molar-refractivity contribution in [3.05, 3.63) is 65.2 Å². The monoisotopic (exact) mass is 265 g/mol. The molecule has 2 rings (SSSR count). The van der Waals surface area contributed by atoms with Crippen LogP contribution in [0.2, 0.25) is 0 Å². The molecule has 0 saturated carbocycles. The smallest absolute Gasteiger partial charge is 0.339 e. The normalized spacial score (nSPS) is 9.45. The molecule has 3 nitrogen and oxygen atoms in total. The SMILES string of the molecule is CCOC(=O)c1ccccc1C#Cc1ccc(N)cc1. The van der Waals surface area contributed by atoms with Gasteiger partial charge in [0.05, 0.1) is 12.2 Å². The van der Waals surface area contributed by atoms with Crippen LogP contribution in [0.5, 0.6) is 0 Å². The van der Waals surface area contributed by atoms with Crippen molar-refractivity contribution in [1.82, 2.24) is 0 Å². The molecule has 100 valence electrons. The lowest BCUT2D eigenvalue weighted by Crippen LogP contribution is -2.06. The number of nitrogen functional groups attached to an aromatic ring is 1. The van der Waals surface area contributed by atoms with Crippen LogP contribution in [0, 0.1) is 11.8 Å². The van der Waals surface area contributed by atoms with Crippen LogP contribution in [-0.4, -0.2) is 12.6 Å². The predicted molar refractivity (Wildman–Crippen MR) is 79.2 cm³/mol. The quantitative estimate of drug-likeness (QED) is 0.516. The summed E-state index contributed by atoms with van der Waals surface area (Å²) >= 11 is 0. The van der Waals surface area contributed by atoms with E-state index in [0.717, 1.165) is 5.56 Å². The maximum absolute atomic E-state index is 11.8. The second-order valence-electron chi connectivity index (χ2n) is 4.14. The van der Waals surface area contributed by atoms with E-state index >= 15 is 0 Å². The van der Waals surface area contributed by atoms with Crippen molar-refractivity contribution in [1.29, 1.82) is 0 Å². The maximum Gasteiger partial charge on any atom is 0.339 e. The third-order valence-corrected chi connectivity index (χ3v) is 2.67. The van der Waals surface area contributed by atoms with Gasteiger partial charge in [0.2, 0.25) is 0 Å². The molecular formula is C17H15NO2. The van der Waals surface area contributed by atoms with Crippen molar-refractivity contribution >= 4 is 11.7 Å². The van der Waals surface area contributed by atoms with Crippen molar-refractivity contribution in [3.63, 3.8) is 0 Å². The van der Waals surface area contributed by atoms with Gasteiger partial charge in [-0.15, -0.1) is 0 Å². The first-order valence-corrected chi connectivity index (χ1v) is 6.34. The van der Waals surface area contributed by atoms with E-state index in [9.17, 15) is 4.79 Å². The molecule has 0 aromatic heterocycles. The van der Waals surface area contributed by atoms with Gasteiger partial charge in [-0.05, 0) is 43.3 Å². The van der Waals surface area contributed by atoms with Gasteiger partial charge in [0.15, 0.2) is 0 Å². The molecule has 2 N–H and O–H groups in total. The van der Waals surface area contributed by atoms with Crippen molar-refractivity contribution in [2.75, 3.05) is 12.3 Å². The summed E-state index contributed by atoms with van der Waals surface area (Å²) in [6, 6.07) is 14.4. The van der Waals surface area contributed by atoms with Gasteiger partial charge >= 0.3 is 5.97 Å². The highest BCUT2D eigenvalue weighted by Gasteiger charge is 2.09. The van der Waals surface area contributed by atoms with Gasteiger partial charge in [-0.25, -0.2) is 4.79 Å². The van der Waals surface area contributed by atoms with Gasteiger partial charge in [0.1, 0.15) is 0 Å². The Morgan fingerprint density at radius 1 is 1.10 bits per heavy atom. The minimum Gasteiger partial charge on any atom is -0.462 e. The molecule has 0 unspecified atom stereocenters. The van der Waals surface area contributed by atoms with E-state index in [-0.39, 0.29) is 5.97 Å². The maximum atomic E-state index is 11.8. The molecule has 0 spiro atoms. The first-order chi connectivity index (χ1) is 9.70. The fourth-order valence-electron chi connectivity index (χ4n) is 1.68. The summed E-state index contributed by atoms with van der Waals surface area (Å²) in [6.07, 6.45) is 0. The Hall–Kier alpha value is -2.73. The highest BCUT2D eigenvalue weighted by Crippen LogP contribution is 2.10. The van der Waals surface area contributed by atoms with Crippen LogP contribution in [0.4, 0.5) is 5.69 Å². The lowest BCUT2D eigenvalue weighted by molar-refractivity contribution is 0.0526. The third kappa shape index (κ3) is 3.39. The number of carbonyl (C=O) groups excluding carboxylic acids is 1. The molecule has 0 aliphatic rings. The number of carbonyl (C=O) groups is 1. The van der Waals surface area contributed by atoms with Gasteiger partial charge in [-0.2, -0.15) is 0 Å². The van der Waals surface area contributed by atoms with Crippen molar-refractivity contribution in [2.24, 2.45) is 0 Å². The van der Waals surface area contributed by atoms with E-state index in [0.29, 0.717) is 23.4 Å². The topological polar surface area (TPSA) is 52.3 Å². The molecule has 0 amide bonds. The summed E-state index contributed by atoms with van der Waals surface area (Å²) in [5.41, 5.74) is 8.30. The lowest BCUT2D eigenvalue weighted by atomic mass is 10.1. The molecule has 3 heteroatoms. The van der Waals surface area contributed by atoms with Crippen molar-refractivity contribution < 1.29 is 9.53 Å². The van der Waals surface area contributed by atoms with Crippen LogP contribution in [0.15, 0.2) is 48.5 Å². The molecule has 0 atom stereocenters. The van der Waals surface area contributed by atoms with Crippen LogP contribution in [-0.2, 0) is 4.74 Å². The summed E-state index contributed by atoms with van der Waals surface area (Å²) in [5, 5.41) is 0. The average Bonchev–Trinajstić information content (AvgIpc) is 2.47. The molecule has 20 heavy (non-hydrogen) atoms. The molecule has 0 fully saturated rings. The summed E-state index contributed by atoms with van der Waals surface area (Å²) in [4.78, 5) is 11.8. The summed E-state index contributed by atoms with van der Waals surface area (Å²) < 4.78 is 5.01. The minimum atomic E-state index is -0.352. The number of hydrogen-bond donors (Lipinski definition) is 1. The van der Waals surface area contributed by atoms with Crippen LogP contribution in [0.25, 0.3) is 0 Å². The number of esters is 1. The van der Waals surface area contributed by atoms with Crippen LogP contribution in [0.1, 0.15) is 28.4 Å². The largest absolute Gasteiger partial charge is 0.462 e. The van der Waals surface area contributed by atoms with E-state index in [4.69, 9.17) is 10.5 Å². The van der Waals surface area contributed by atoms with Crippen LogP contribution >= 0.6 is 0 Å². The van der Waals surface area contributed by atoms with Crippen molar-refractivity contribution in [2.45, 2.75) is 6.92 Å². The molecule has 0 bridgehead atoms. The zero-order valence-corrected chi connectivity index (χ0v) is 11.2. The van der Waals surface area contributed by atoms with E-state index in [1.807, 2.05) is 18.2 Å². The standard InChI is InChI=1S/C17H15NO2/c1-2-20-17(19)16-6-4-3-5-14(16)10-7-13-8-11-15(18)12-9-13/h3-6,8-9,11-12H,2,18H2,1H3. The van der Waals surface area contributed by atoms with E-state index in [2.05, 4.69) is 11.8 Å². The number of ether oxygens (including phenoxy) is 1. The first kappa shape index (κ1) is 13.7. The number of hydrogen-bond acceptors (Lipinski definition) is 3. The summed E-state index contributed by atoms with van der Waals surface area (Å²) in [7, 11) is 0. The average molecular weight is 265 g/mol. The van der Waals surface area contributed by atoms with Crippen LogP contribution < -0.4 is 5.73 Å². The summed E-state index contributed by atoms with van der Waals surface area (Å²) in [5.74, 6) is 5.66. The van der Waals surface area contributed by atoms with E-state index < -0.39 is 0 Å². The third-order valence-electron chi connectivity index (χ3n) is 2.67. The molecule has 0 heterocycles. The minimum absolute atomic E-state index is 0.346. The van der Waals surface area contributed by atoms with E-state index in [1.54, 1.807) is 37.3 Å². The predicted octanol–water partition coefficient (Wildman–Crippen LogP) is 2.85. The van der Waals surface area contributed by atoms with Gasteiger partial charge in [-0.1, -0.05) is 24.0 Å². The summed E-state index contributed by atoms with van der Waals surface area (Å²) in [6.45, 7) is 2.12. The zero-order valence-electron chi connectivity index (χ0n) is 11.2. The van der Waals surface area contributed by atoms with Gasteiger partial charge < -0.3 is 10.5 Å². The Kier molecular flexibility index (Phi) is 4.41. The number of nitrogens with two attached hydrogens (primary N) is 1. The van der Waals surface area contributed by atoms with Gasteiger partial charge in [-0.3, -0.25) is 0 Å². The molecule has 2 aromatic rings. The number of rotatable bonds is 2. The molecule has 0 saturated heterocycles. The Morgan fingerprint density at radius 2 is 1.80 bits per heavy atom. The van der Waals surface area contributed by atoms with Gasteiger partial charge in [0, 0.05) is 16.8 Å². The first-order valence-electron chi connectivity index (χ1n) is 6.34. The fraction of sp³-hybridized carbons (Fsp3) is 0.118. The second-order valence-corrected chi connectivity index (χ2v) is 4.14. The zero-order chi connectivity index (χ0) is 14.4. The van der Waals surface area contributed by atoms with Gasteiger partial charge in [0.25, 0.3) is 0 Å². The number of anilines is 1. The van der Waals surface area contributed by atoms with Crippen molar-refractivity contribution in [3.8, 4) is 11.8 Å². The Labute approximate surface area is 118 Å². The molecular weight excluding hydrogens is 250 g/mol. The molecule has 0 aliphatic heterocycles. The Balaban J connectivity index is 2.30. The molecule has 0 radical (unpaired) electrons. The van der Waals surface area contributed by atoms with Crippen LogP contribution in [0.3, 0.4) is 0 Å². The molecule has 2 aromatic carbocycles. The highest BCUT2D eigenvalue weighted by atomic mass is 16.5. The van der Waals surface area contributed by atoms with E-state index in [1.165, 1.54) is 0 Å². The molecule has 0 aliphatic carbocycles. The lowest BCUT2D eigenvalue weighted by Gasteiger charge is -2.03. The fourth-order valence-corrected chi connectivity index (χ4v) is 1.68. The Morgan fingerprint density at radius 3 is 2.50 bits per heavy atom. The Bertz CT molecular complexity index is 663. The number of benzene rings is 2. The highest BCUT2D eigenvalue weighted by molar-refractivity contribution is 5.92.